The minimum absolute atomic E-state index is 0.266. The fraction of sp³-hybridized carbons (Fsp3) is 0.250. The Hall–Kier alpha value is -2.04. The predicted octanol–water partition coefficient (Wildman–Crippen LogP) is 3.09. The summed E-state index contributed by atoms with van der Waals surface area (Å²) in [5.74, 6) is -0.266. The molecule has 0 N–H and O–H groups in total. The van der Waals surface area contributed by atoms with Crippen LogP contribution in [0.2, 0.25) is 0 Å². The van der Waals surface area contributed by atoms with Crippen molar-refractivity contribution in [3.63, 3.8) is 0 Å². The van der Waals surface area contributed by atoms with Crippen LogP contribution >= 0.6 is 0 Å². The summed E-state index contributed by atoms with van der Waals surface area (Å²) >= 11 is 0. The van der Waals surface area contributed by atoms with E-state index in [0.29, 0.717) is 17.9 Å². The average Bonchev–Trinajstić information content (AvgIpc) is 2.57. The van der Waals surface area contributed by atoms with Crippen molar-refractivity contribution in [2.75, 3.05) is 0 Å². The highest BCUT2D eigenvalue weighted by Gasteiger charge is 2.11. The van der Waals surface area contributed by atoms with E-state index in [1.807, 2.05) is 0 Å². The summed E-state index contributed by atoms with van der Waals surface area (Å²) in [4.78, 5) is 10.6. The molecule has 2 rings (SSSR count). The largest absolute Gasteiger partial charge is 0.263 e. The molecular weight excluding hydrogens is 221 g/mol. The van der Waals surface area contributed by atoms with Crippen molar-refractivity contribution in [2.24, 2.45) is 5.18 Å². The Morgan fingerprint density at radius 2 is 1.94 bits per heavy atom. The molecule has 0 bridgehead atoms. The van der Waals surface area contributed by atoms with Gasteiger partial charge in [-0.1, -0.05) is 12.1 Å². The summed E-state index contributed by atoms with van der Waals surface area (Å²) in [6.07, 6.45) is 0. The van der Waals surface area contributed by atoms with E-state index >= 15 is 0 Å². The molecule has 0 aliphatic carbocycles. The number of hydrogen-bond acceptors (Lipinski definition) is 3. The maximum absolute atomic E-state index is 12.7. The molecule has 0 aliphatic heterocycles. The van der Waals surface area contributed by atoms with Gasteiger partial charge >= 0.3 is 0 Å². The molecule has 0 spiro atoms. The van der Waals surface area contributed by atoms with Crippen LogP contribution in [0.4, 0.5) is 10.1 Å². The number of benzene rings is 1. The molecular formula is C12H12FN3O. The lowest BCUT2D eigenvalue weighted by atomic mass is 10.2. The van der Waals surface area contributed by atoms with Crippen molar-refractivity contribution >= 4 is 5.69 Å². The molecule has 0 radical (unpaired) electrons. The van der Waals surface area contributed by atoms with E-state index in [1.54, 1.807) is 30.7 Å². The molecule has 0 saturated heterocycles. The number of hydrogen-bond donors (Lipinski definition) is 0. The minimum atomic E-state index is -0.266. The standard InChI is InChI=1S/C12H12FN3O/c1-8-12(15-17)9(2)16(14-8)7-10-3-5-11(13)6-4-10/h3-6H,7H2,1-2H3. The second-order valence-corrected chi connectivity index (χ2v) is 3.89. The Morgan fingerprint density at radius 1 is 1.29 bits per heavy atom. The zero-order valence-corrected chi connectivity index (χ0v) is 9.64. The number of rotatable bonds is 3. The van der Waals surface area contributed by atoms with Gasteiger partial charge in [-0.05, 0) is 36.7 Å². The Labute approximate surface area is 98.1 Å². The number of nitrogens with zero attached hydrogens (tertiary/aromatic N) is 3. The number of nitroso groups, excluding NO2 is 1. The van der Waals surface area contributed by atoms with E-state index in [9.17, 15) is 9.30 Å². The van der Waals surface area contributed by atoms with Gasteiger partial charge < -0.3 is 0 Å². The van der Waals surface area contributed by atoms with Gasteiger partial charge in [-0.3, -0.25) is 4.68 Å². The molecule has 88 valence electrons. The molecule has 1 aromatic carbocycles. The van der Waals surface area contributed by atoms with Crippen LogP contribution in [0, 0.1) is 24.6 Å². The zero-order chi connectivity index (χ0) is 12.4. The maximum Gasteiger partial charge on any atom is 0.151 e. The number of aromatic nitrogens is 2. The van der Waals surface area contributed by atoms with Crippen molar-refractivity contribution in [3.05, 3.63) is 51.9 Å². The first-order chi connectivity index (χ1) is 8.11. The first-order valence-corrected chi connectivity index (χ1v) is 5.23. The number of aryl methyl sites for hydroxylation is 1. The third kappa shape index (κ3) is 2.22. The second-order valence-electron chi connectivity index (χ2n) is 3.89. The van der Waals surface area contributed by atoms with Crippen LogP contribution in [0.3, 0.4) is 0 Å². The molecule has 0 aliphatic rings. The van der Waals surface area contributed by atoms with E-state index in [-0.39, 0.29) is 5.82 Å². The summed E-state index contributed by atoms with van der Waals surface area (Å²) in [6, 6.07) is 6.19. The van der Waals surface area contributed by atoms with E-state index in [1.165, 1.54) is 12.1 Å². The van der Waals surface area contributed by atoms with Crippen LogP contribution < -0.4 is 0 Å². The summed E-state index contributed by atoms with van der Waals surface area (Å²) in [5, 5.41) is 7.18. The molecule has 0 atom stereocenters. The highest BCUT2D eigenvalue weighted by molar-refractivity contribution is 5.46. The van der Waals surface area contributed by atoms with E-state index in [4.69, 9.17) is 0 Å². The molecule has 1 aromatic heterocycles. The molecule has 17 heavy (non-hydrogen) atoms. The smallest absolute Gasteiger partial charge is 0.151 e. The van der Waals surface area contributed by atoms with Gasteiger partial charge in [-0.25, -0.2) is 4.39 Å². The van der Waals surface area contributed by atoms with Crippen LogP contribution in [-0.4, -0.2) is 9.78 Å². The third-order valence-electron chi connectivity index (χ3n) is 2.68. The van der Waals surface area contributed by atoms with Crippen LogP contribution in [0.15, 0.2) is 29.4 Å². The zero-order valence-electron chi connectivity index (χ0n) is 9.64. The summed E-state index contributed by atoms with van der Waals surface area (Å²) in [5.41, 5.74) is 2.64. The second kappa shape index (κ2) is 4.45. The molecule has 2 aromatic rings. The van der Waals surface area contributed by atoms with Gasteiger partial charge in [0.25, 0.3) is 0 Å². The van der Waals surface area contributed by atoms with Gasteiger partial charge in [0.15, 0.2) is 5.69 Å². The molecule has 0 amide bonds. The van der Waals surface area contributed by atoms with Crippen molar-refractivity contribution < 1.29 is 4.39 Å². The molecule has 1 heterocycles. The van der Waals surface area contributed by atoms with Crippen LogP contribution in [0.5, 0.6) is 0 Å². The lowest BCUT2D eigenvalue weighted by Crippen LogP contribution is -2.03. The molecule has 5 heteroatoms. The fourth-order valence-corrected chi connectivity index (χ4v) is 1.74. The highest BCUT2D eigenvalue weighted by atomic mass is 19.1. The van der Waals surface area contributed by atoms with Gasteiger partial charge in [-0.15, -0.1) is 4.91 Å². The SMILES string of the molecule is Cc1nn(Cc2ccc(F)cc2)c(C)c1N=O. The van der Waals surface area contributed by atoms with Crippen molar-refractivity contribution in [2.45, 2.75) is 20.4 Å². The minimum Gasteiger partial charge on any atom is -0.263 e. The van der Waals surface area contributed by atoms with Crippen molar-refractivity contribution in [1.29, 1.82) is 0 Å². The Balaban J connectivity index is 2.30. The number of halogens is 1. The Bertz CT molecular complexity index is 546. The van der Waals surface area contributed by atoms with Gasteiger partial charge in [0.05, 0.1) is 17.9 Å². The maximum atomic E-state index is 12.7. The van der Waals surface area contributed by atoms with Crippen molar-refractivity contribution in [1.82, 2.24) is 9.78 Å². The summed E-state index contributed by atoms with van der Waals surface area (Å²) in [6.45, 7) is 4.04. The molecule has 0 saturated carbocycles. The van der Waals surface area contributed by atoms with Crippen LogP contribution in [0.25, 0.3) is 0 Å². The van der Waals surface area contributed by atoms with E-state index in [0.717, 1.165) is 11.3 Å². The van der Waals surface area contributed by atoms with Crippen LogP contribution in [0.1, 0.15) is 17.0 Å². The predicted molar refractivity (Wildman–Crippen MR) is 62.7 cm³/mol. The van der Waals surface area contributed by atoms with Crippen LogP contribution in [-0.2, 0) is 6.54 Å². The molecule has 0 fully saturated rings. The van der Waals surface area contributed by atoms with Crippen molar-refractivity contribution in [3.8, 4) is 0 Å². The Kier molecular flexibility index (Phi) is 2.99. The van der Waals surface area contributed by atoms with Gasteiger partial charge in [0.2, 0.25) is 0 Å². The Morgan fingerprint density at radius 3 is 2.47 bits per heavy atom. The van der Waals surface area contributed by atoms with Gasteiger partial charge in [0.1, 0.15) is 5.82 Å². The quantitative estimate of drug-likeness (QED) is 0.765. The molecule has 0 unspecified atom stereocenters. The lowest BCUT2D eigenvalue weighted by Gasteiger charge is -2.04. The van der Waals surface area contributed by atoms with Gasteiger partial charge in [-0.2, -0.15) is 5.10 Å². The summed E-state index contributed by atoms with van der Waals surface area (Å²) < 4.78 is 14.4. The first kappa shape index (κ1) is 11.4. The van der Waals surface area contributed by atoms with Gasteiger partial charge in [0, 0.05) is 0 Å². The highest BCUT2D eigenvalue weighted by Crippen LogP contribution is 2.22. The first-order valence-electron chi connectivity index (χ1n) is 5.23. The fourth-order valence-electron chi connectivity index (χ4n) is 1.74. The lowest BCUT2D eigenvalue weighted by molar-refractivity contribution is 0.622. The summed E-state index contributed by atoms with van der Waals surface area (Å²) in [7, 11) is 0. The monoisotopic (exact) mass is 233 g/mol. The van der Waals surface area contributed by atoms with E-state index < -0.39 is 0 Å². The topological polar surface area (TPSA) is 47.2 Å². The van der Waals surface area contributed by atoms with E-state index in [2.05, 4.69) is 10.3 Å². The average molecular weight is 233 g/mol. The third-order valence-corrected chi connectivity index (χ3v) is 2.68. The molecule has 4 nitrogen and oxygen atoms in total. The normalized spacial score (nSPS) is 10.5.